The van der Waals surface area contributed by atoms with Crippen LogP contribution in [0.25, 0.3) is 11.3 Å². The quantitative estimate of drug-likeness (QED) is 0.251. The van der Waals surface area contributed by atoms with Crippen molar-refractivity contribution in [2.45, 2.75) is 31.7 Å². The van der Waals surface area contributed by atoms with E-state index in [1.165, 1.54) is 0 Å². The molecule has 0 atom stereocenters. The van der Waals surface area contributed by atoms with Gasteiger partial charge in [-0.3, -0.25) is 14.2 Å². The number of nitrogens with zero attached hydrogens (tertiary/aromatic N) is 2. The summed E-state index contributed by atoms with van der Waals surface area (Å²) in [4.78, 5) is 42.5. The van der Waals surface area contributed by atoms with Gasteiger partial charge in [-0.1, -0.05) is 29.3 Å². The van der Waals surface area contributed by atoms with Gasteiger partial charge >= 0.3 is 5.69 Å². The Morgan fingerprint density at radius 1 is 1.03 bits per heavy atom. The first kappa shape index (κ1) is 26.0. The molecule has 1 aliphatic rings. The number of imidazole rings is 1. The molecule has 4 rings (SSSR count). The Balaban J connectivity index is 1.33. The molecule has 0 spiro atoms. The number of hydrogen-bond acceptors (Lipinski definition) is 4. The Bertz CT molecular complexity index is 1320. The summed E-state index contributed by atoms with van der Waals surface area (Å²) in [6.07, 6.45) is 3.33. The number of anilines is 1. The molecule has 3 aromatic rings. The normalized spacial score (nSPS) is 14.3. The van der Waals surface area contributed by atoms with Crippen LogP contribution in [-0.4, -0.2) is 39.2 Å². The van der Waals surface area contributed by atoms with Crippen LogP contribution in [0.2, 0.25) is 10.0 Å². The van der Waals surface area contributed by atoms with Crippen LogP contribution in [0.15, 0.2) is 50.3 Å². The number of H-pyrrole nitrogens is 1. The van der Waals surface area contributed by atoms with E-state index in [1.54, 1.807) is 46.0 Å². The van der Waals surface area contributed by atoms with Crippen molar-refractivity contribution in [1.29, 1.82) is 0 Å². The number of nitrogen functional groups attached to an aromatic ring is 1. The highest BCUT2D eigenvalue weighted by Crippen LogP contribution is 2.31. The number of rotatable bonds is 6. The second-order valence-electron chi connectivity index (χ2n) is 8.40. The molecule has 1 fully saturated rings. The van der Waals surface area contributed by atoms with Gasteiger partial charge in [0.05, 0.1) is 21.4 Å². The van der Waals surface area contributed by atoms with Crippen LogP contribution in [0, 0.1) is 0 Å². The van der Waals surface area contributed by atoms with Crippen LogP contribution in [0.4, 0.5) is 5.69 Å². The number of nitrogens with one attached hydrogen (secondary N) is 1. The van der Waals surface area contributed by atoms with Crippen LogP contribution >= 0.6 is 55.1 Å². The average molecular weight is 645 g/mol. The molecule has 11 heteroatoms. The molecule has 0 unspecified atom stereocenters. The van der Waals surface area contributed by atoms with E-state index >= 15 is 0 Å². The first-order valence-electron chi connectivity index (χ1n) is 11.0. The summed E-state index contributed by atoms with van der Waals surface area (Å²) in [7, 11) is 0. The van der Waals surface area contributed by atoms with Crippen LogP contribution in [0.5, 0.6) is 0 Å². The number of aromatic amines is 1. The number of piperidine rings is 1. The van der Waals surface area contributed by atoms with Gasteiger partial charge in [0.1, 0.15) is 0 Å². The molecule has 0 bridgehead atoms. The fourth-order valence-electron chi connectivity index (χ4n) is 4.15. The van der Waals surface area contributed by atoms with E-state index in [4.69, 9.17) is 28.9 Å². The fraction of sp³-hybridized carbons (Fsp3) is 0.292. The lowest BCUT2D eigenvalue weighted by molar-refractivity contribution is -0.132. The number of halogens is 4. The van der Waals surface area contributed by atoms with E-state index in [2.05, 4.69) is 36.8 Å². The van der Waals surface area contributed by atoms with Gasteiger partial charge in [-0.2, -0.15) is 0 Å². The Labute approximate surface area is 228 Å². The minimum Gasteiger partial charge on any atom is -0.397 e. The van der Waals surface area contributed by atoms with E-state index in [0.717, 1.165) is 5.56 Å². The summed E-state index contributed by atoms with van der Waals surface area (Å²) in [6.45, 7) is 1.05. The molecule has 1 aromatic heterocycles. The van der Waals surface area contributed by atoms with Gasteiger partial charge in [0.2, 0.25) is 5.91 Å². The van der Waals surface area contributed by atoms with E-state index in [-0.39, 0.29) is 36.3 Å². The zero-order valence-corrected chi connectivity index (χ0v) is 23.2. The van der Waals surface area contributed by atoms with Gasteiger partial charge in [0, 0.05) is 58.2 Å². The molecule has 2 heterocycles. The number of aromatic nitrogens is 2. The number of hydrogen-bond donors (Lipinski definition) is 2. The molecule has 2 aromatic carbocycles. The van der Waals surface area contributed by atoms with Crippen molar-refractivity contribution in [2.75, 3.05) is 18.8 Å². The molecular weight excluding hydrogens is 623 g/mol. The number of carbonyl (C=O) groups excluding carboxylic acids is 2. The number of Topliss-reactive ketones (excluding diaryl/α,β-unsaturated/α-hetero) is 1. The molecule has 1 aliphatic heterocycles. The SMILES string of the molecule is Nc1c(Br)cc(C(=O)CCC(=O)N2CCC(n3cc(-c4ccc(Cl)c(Cl)c4)[nH]c3=O)CC2)cc1Br. The van der Waals surface area contributed by atoms with Gasteiger partial charge in [-0.15, -0.1) is 0 Å². The number of benzene rings is 2. The van der Waals surface area contributed by atoms with Crippen molar-refractivity contribution >= 4 is 72.4 Å². The van der Waals surface area contributed by atoms with Crippen molar-refractivity contribution in [2.24, 2.45) is 0 Å². The number of amides is 1. The van der Waals surface area contributed by atoms with Crippen LogP contribution < -0.4 is 11.4 Å². The van der Waals surface area contributed by atoms with Gasteiger partial charge < -0.3 is 15.6 Å². The molecule has 0 radical (unpaired) electrons. The summed E-state index contributed by atoms with van der Waals surface area (Å²) >= 11 is 18.8. The number of carbonyl (C=O) groups is 2. The minimum atomic E-state index is -0.206. The highest BCUT2D eigenvalue weighted by atomic mass is 79.9. The standard InChI is InChI=1S/C24H22Br2Cl2N4O3/c25-16-9-14(10-17(26)23(16)29)21(33)3-4-22(34)31-7-5-15(6-8-31)32-12-20(30-24(32)35)13-1-2-18(27)19(28)11-13/h1-2,9-12,15H,3-8,29H2,(H,30,35). The fourth-order valence-corrected chi connectivity index (χ4v) is 5.64. The van der Waals surface area contributed by atoms with Gasteiger partial charge in [0.15, 0.2) is 5.78 Å². The Morgan fingerprint density at radius 3 is 2.31 bits per heavy atom. The number of ketones is 1. The lowest BCUT2D eigenvalue weighted by Crippen LogP contribution is -2.40. The first-order valence-corrected chi connectivity index (χ1v) is 13.3. The summed E-state index contributed by atoms with van der Waals surface area (Å²) in [5.74, 6) is -0.188. The average Bonchev–Trinajstić information content (AvgIpc) is 3.23. The van der Waals surface area contributed by atoms with Crippen molar-refractivity contribution in [3.8, 4) is 11.3 Å². The highest BCUT2D eigenvalue weighted by Gasteiger charge is 2.26. The lowest BCUT2D eigenvalue weighted by atomic mass is 10.0. The molecule has 1 amide bonds. The summed E-state index contributed by atoms with van der Waals surface area (Å²) < 4.78 is 2.94. The molecule has 35 heavy (non-hydrogen) atoms. The van der Waals surface area contributed by atoms with E-state index in [0.29, 0.717) is 61.9 Å². The van der Waals surface area contributed by atoms with Crippen molar-refractivity contribution in [3.05, 3.63) is 71.6 Å². The third-order valence-electron chi connectivity index (χ3n) is 6.15. The zero-order valence-electron chi connectivity index (χ0n) is 18.5. The second kappa shape index (κ2) is 10.9. The van der Waals surface area contributed by atoms with Crippen LogP contribution in [0.3, 0.4) is 0 Å². The zero-order chi connectivity index (χ0) is 25.3. The maximum absolute atomic E-state index is 12.7. The third-order valence-corrected chi connectivity index (χ3v) is 8.20. The Hall–Kier alpha value is -2.07. The number of nitrogens with two attached hydrogens (primary N) is 1. The summed E-state index contributed by atoms with van der Waals surface area (Å²) in [5, 5.41) is 0.866. The van der Waals surface area contributed by atoms with Crippen molar-refractivity contribution in [3.63, 3.8) is 0 Å². The van der Waals surface area contributed by atoms with E-state index in [1.807, 2.05) is 0 Å². The Morgan fingerprint density at radius 2 is 1.69 bits per heavy atom. The minimum absolute atomic E-state index is 0.0227. The van der Waals surface area contributed by atoms with Gasteiger partial charge in [-0.05, 0) is 69.0 Å². The molecule has 184 valence electrons. The van der Waals surface area contributed by atoms with E-state index in [9.17, 15) is 14.4 Å². The third kappa shape index (κ3) is 5.85. The molecule has 3 N–H and O–H groups in total. The molecule has 1 saturated heterocycles. The predicted molar refractivity (Wildman–Crippen MR) is 145 cm³/mol. The van der Waals surface area contributed by atoms with Crippen molar-refractivity contribution < 1.29 is 9.59 Å². The van der Waals surface area contributed by atoms with Gasteiger partial charge in [0.25, 0.3) is 0 Å². The largest absolute Gasteiger partial charge is 0.397 e. The molecule has 7 nitrogen and oxygen atoms in total. The molecule has 0 saturated carbocycles. The monoisotopic (exact) mass is 642 g/mol. The first-order chi connectivity index (χ1) is 16.6. The molecular formula is C24H22Br2Cl2N4O3. The highest BCUT2D eigenvalue weighted by molar-refractivity contribution is 9.11. The molecule has 0 aliphatic carbocycles. The lowest BCUT2D eigenvalue weighted by Gasteiger charge is -2.32. The van der Waals surface area contributed by atoms with Crippen molar-refractivity contribution in [1.82, 2.24) is 14.5 Å². The maximum atomic E-state index is 12.7. The van der Waals surface area contributed by atoms with E-state index < -0.39 is 0 Å². The van der Waals surface area contributed by atoms with Gasteiger partial charge in [-0.25, -0.2) is 4.79 Å². The number of likely N-dealkylation sites (tertiary alicyclic amines) is 1. The maximum Gasteiger partial charge on any atom is 0.326 e. The summed E-state index contributed by atoms with van der Waals surface area (Å²) in [6, 6.07) is 8.51. The smallest absolute Gasteiger partial charge is 0.326 e. The second-order valence-corrected chi connectivity index (χ2v) is 10.9. The predicted octanol–water partition coefficient (Wildman–Crippen LogP) is 6.08. The topological polar surface area (TPSA) is 101 Å². The van der Waals surface area contributed by atoms with Crippen LogP contribution in [0.1, 0.15) is 42.1 Å². The Kier molecular flexibility index (Phi) is 8.10. The van der Waals surface area contributed by atoms with Crippen LogP contribution in [-0.2, 0) is 4.79 Å². The summed E-state index contributed by atoms with van der Waals surface area (Å²) in [5.41, 5.74) is 8.11.